The number of nitrogens with zero attached hydrogens (tertiary/aromatic N) is 1. The number of Topliss-reactive ketones (excluding diaryl/α,β-unsaturated/α-hetero) is 1. The smallest absolute Gasteiger partial charge is 0.342 e. The molecular weight excluding hydrogens is 572 g/mol. The van der Waals surface area contributed by atoms with Gasteiger partial charge in [-0.3, -0.25) is 9.59 Å². The van der Waals surface area contributed by atoms with Gasteiger partial charge in [-0.05, 0) is 37.1 Å². The minimum Gasteiger partial charge on any atom is -0.506 e. The summed E-state index contributed by atoms with van der Waals surface area (Å²) >= 11 is 0. The molecule has 46 heavy (non-hydrogen) atoms. The third kappa shape index (κ3) is 12.6. The van der Waals surface area contributed by atoms with Gasteiger partial charge in [-0.25, -0.2) is 0 Å². The fraction of sp³-hybridized carbons (Fsp3) is 0.625. The normalized spacial score (nSPS) is 16.5. The van der Waals surface area contributed by atoms with Crippen molar-refractivity contribution in [1.29, 1.82) is 0 Å². The van der Waals surface area contributed by atoms with E-state index in [-0.39, 0.29) is 34.0 Å². The van der Waals surface area contributed by atoms with E-state index in [1.165, 1.54) is 122 Å². The summed E-state index contributed by atoms with van der Waals surface area (Å²) in [4.78, 5) is 31.5. The zero-order chi connectivity index (χ0) is 33.0. The molecule has 1 heterocycles. The Morgan fingerprint density at radius 2 is 1.22 bits per heavy atom. The average Bonchev–Trinajstić information content (AvgIpc) is 3.47. The number of aryl methyl sites for hydroxylation is 1. The molecule has 3 rings (SSSR count). The van der Waals surface area contributed by atoms with Crippen LogP contribution in [0.2, 0.25) is 0 Å². The number of rotatable bonds is 25. The number of carbonyl (C=O) groups excluding carboxylic acids is 2. The summed E-state index contributed by atoms with van der Waals surface area (Å²) in [5, 5.41) is 10.7. The van der Waals surface area contributed by atoms with Crippen LogP contribution in [0.15, 0.2) is 63.1 Å². The standard InChI is InChI=1S/C40H60N2O4/c1-4-6-8-10-12-14-16-18-20-22-28-42(29-23-21-19-17-15-13-11-9-7-5-2)33-24-26-35(37(43)30-33)38-39(44)36(40(38)45)27-25-34-31-41-32(3)46-34/h24-27,30-31,44H,4-23,28-29H2,1-3H3/p+1/b27-25+,38-35+. The second-order valence-corrected chi connectivity index (χ2v) is 13.2. The van der Waals surface area contributed by atoms with E-state index < -0.39 is 0 Å². The van der Waals surface area contributed by atoms with Gasteiger partial charge in [0.05, 0.1) is 18.1 Å². The van der Waals surface area contributed by atoms with Gasteiger partial charge in [0.15, 0.2) is 11.5 Å². The van der Waals surface area contributed by atoms with Gasteiger partial charge in [-0.15, -0.1) is 0 Å². The summed E-state index contributed by atoms with van der Waals surface area (Å²) in [6.07, 6.45) is 36.2. The van der Waals surface area contributed by atoms with Crippen molar-refractivity contribution in [3.05, 3.63) is 70.3 Å². The lowest BCUT2D eigenvalue weighted by molar-refractivity contribution is -0.394. The Morgan fingerprint density at radius 1 is 0.717 bits per heavy atom. The molecule has 1 aromatic rings. The van der Waals surface area contributed by atoms with Crippen LogP contribution >= 0.6 is 0 Å². The van der Waals surface area contributed by atoms with Crippen LogP contribution < -0.4 is 4.98 Å². The Labute approximate surface area is 278 Å². The average molecular weight is 634 g/mol. The molecule has 2 aliphatic rings. The number of hydrogen-bond donors (Lipinski definition) is 1. The Morgan fingerprint density at radius 3 is 1.65 bits per heavy atom. The van der Waals surface area contributed by atoms with Gasteiger partial charge in [0, 0.05) is 30.4 Å². The molecule has 0 fully saturated rings. The van der Waals surface area contributed by atoms with E-state index in [0.717, 1.165) is 31.6 Å². The number of aliphatic hydroxyl groups excluding tert-OH is 1. The van der Waals surface area contributed by atoms with Crippen LogP contribution in [0.25, 0.3) is 6.08 Å². The molecule has 2 aliphatic carbocycles. The highest BCUT2D eigenvalue weighted by atomic mass is 16.3. The maximum Gasteiger partial charge on any atom is 0.342 e. The lowest BCUT2D eigenvalue weighted by Gasteiger charge is -2.28. The number of hydrogen-bond acceptors (Lipinski definition) is 5. The van der Waals surface area contributed by atoms with Gasteiger partial charge in [-0.1, -0.05) is 129 Å². The van der Waals surface area contributed by atoms with Crippen molar-refractivity contribution in [2.75, 3.05) is 13.1 Å². The molecular formula is C40H61N2O4+. The highest BCUT2D eigenvalue weighted by Crippen LogP contribution is 2.34. The van der Waals surface area contributed by atoms with Crippen molar-refractivity contribution < 1.29 is 24.1 Å². The fourth-order valence-electron chi connectivity index (χ4n) is 6.35. The molecule has 0 amide bonds. The number of carbonyl (C=O) groups is 2. The lowest BCUT2D eigenvalue weighted by Crippen LogP contribution is -2.28. The number of allylic oxidation sites excluding steroid dienone is 7. The van der Waals surface area contributed by atoms with Crippen LogP contribution in [0.1, 0.15) is 154 Å². The first-order valence-corrected chi connectivity index (χ1v) is 18.5. The molecule has 0 radical (unpaired) electrons. The first kappa shape index (κ1) is 37.3. The van der Waals surface area contributed by atoms with E-state index in [2.05, 4.69) is 23.7 Å². The van der Waals surface area contributed by atoms with Crippen LogP contribution in [0.3, 0.4) is 0 Å². The number of aromatic nitrogens is 1. The summed E-state index contributed by atoms with van der Waals surface area (Å²) in [6, 6.07) is 0. The van der Waals surface area contributed by atoms with E-state index in [1.807, 2.05) is 6.08 Å². The maximum atomic E-state index is 13.3. The molecule has 0 aliphatic heterocycles. The third-order valence-corrected chi connectivity index (χ3v) is 9.23. The molecule has 6 heteroatoms. The first-order valence-electron chi connectivity index (χ1n) is 18.5. The summed E-state index contributed by atoms with van der Waals surface area (Å²) in [7, 11) is 0. The fourth-order valence-corrected chi connectivity index (χ4v) is 6.35. The second kappa shape index (κ2) is 21.6. The van der Waals surface area contributed by atoms with Crippen molar-refractivity contribution >= 4 is 17.6 Å². The van der Waals surface area contributed by atoms with E-state index in [4.69, 9.17) is 4.42 Å². The minimum absolute atomic E-state index is 0.106. The molecule has 0 saturated heterocycles. The highest BCUT2D eigenvalue weighted by Gasteiger charge is 2.36. The first-order chi connectivity index (χ1) is 22.5. The molecule has 0 aromatic carbocycles. The number of ketones is 2. The quantitative estimate of drug-likeness (QED) is 0.0855. The van der Waals surface area contributed by atoms with E-state index in [0.29, 0.717) is 11.7 Å². The molecule has 0 atom stereocenters. The molecule has 1 aromatic heterocycles. The maximum absolute atomic E-state index is 13.3. The monoisotopic (exact) mass is 633 g/mol. The number of H-pyrrole nitrogens is 1. The SMILES string of the molecule is CCCCCCCCCCCCN(CCCCCCCCCCCC)C1=CC(=O)/C(=C2/C(=O)C(/C=C/c3c[nH+]c(C)o3)=C2O)C=C1. The predicted molar refractivity (Wildman–Crippen MR) is 188 cm³/mol. The Kier molecular flexibility index (Phi) is 17.5. The third-order valence-electron chi connectivity index (χ3n) is 9.23. The van der Waals surface area contributed by atoms with Crippen molar-refractivity contribution in [3.8, 4) is 0 Å². The summed E-state index contributed by atoms with van der Waals surface area (Å²) in [5.74, 6) is 0.529. The summed E-state index contributed by atoms with van der Waals surface area (Å²) in [5.41, 5.74) is 1.48. The van der Waals surface area contributed by atoms with Gasteiger partial charge in [0.1, 0.15) is 5.76 Å². The largest absolute Gasteiger partial charge is 0.506 e. The second-order valence-electron chi connectivity index (χ2n) is 13.2. The molecule has 6 nitrogen and oxygen atoms in total. The summed E-state index contributed by atoms with van der Waals surface area (Å²) in [6.45, 7) is 8.20. The van der Waals surface area contributed by atoms with Gasteiger partial charge >= 0.3 is 5.89 Å². The zero-order valence-electron chi connectivity index (χ0n) is 29.1. The summed E-state index contributed by atoms with van der Waals surface area (Å²) < 4.78 is 5.46. The Hall–Kier alpha value is -3.15. The number of aromatic amines is 1. The molecule has 0 bridgehead atoms. The van der Waals surface area contributed by atoms with Crippen molar-refractivity contribution in [2.24, 2.45) is 0 Å². The molecule has 0 spiro atoms. The van der Waals surface area contributed by atoms with Crippen molar-refractivity contribution in [2.45, 2.75) is 149 Å². The zero-order valence-corrected chi connectivity index (χ0v) is 29.1. The van der Waals surface area contributed by atoms with Gasteiger partial charge in [0.25, 0.3) is 0 Å². The molecule has 254 valence electrons. The van der Waals surface area contributed by atoms with Crippen LogP contribution in [-0.2, 0) is 9.59 Å². The van der Waals surface area contributed by atoms with Crippen molar-refractivity contribution in [3.63, 3.8) is 0 Å². The van der Waals surface area contributed by atoms with E-state index >= 15 is 0 Å². The van der Waals surface area contributed by atoms with Crippen LogP contribution in [0, 0.1) is 6.92 Å². The Balaban J connectivity index is 1.53. The number of aliphatic hydroxyl groups is 1. The number of unbranched alkanes of at least 4 members (excludes halogenated alkanes) is 18. The highest BCUT2D eigenvalue weighted by molar-refractivity contribution is 6.26. The predicted octanol–water partition coefficient (Wildman–Crippen LogP) is 10.3. The van der Waals surface area contributed by atoms with E-state index in [9.17, 15) is 14.7 Å². The minimum atomic E-state index is -0.321. The van der Waals surface area contributed by atoms with Crippen LogP contribution in [0.5, 0.6) is 0 Å². The van der Waals surface area contributed by atoms with Gasteiger partial charge in [0.2, 0.25) is 12.0 Å². The number of oxazole rings is 1. The van der Waals surface area contributed by atoms with Crippen molar-refractivity contribution in [1.82, 2.24) is 4.90 Å². The molecule has 0 unspecified atom stereocenters. The Bertz CT molecular complexity index is 1220. The molecule has 2 N–H and O–H groups in total. The van der Waals surface area contributed by atoms with E-state index in [1.54, 1.807) is 31.3 Å². The van der Waals surface area contributed by atoms with Gasteiger partial charge < -0.3 is 14.4 Å². The number of nitrogens with one attached hydrogen (secondary N) is 1. The van der Waals surface area contributed by atoms with Gasteiger partial charge in [-0.2, -0.15) is 4.98 Å². The molecule has 0 saturated carbocycles. The topological polar surface area (TPSA) is 84.9 Å². The van der Waals surface area contributed by atoms with Crippen LogP contribution in [0.4, 0.5) is 0 Å². The van der Waals surface area contributed by atoms with Crippen LogP contribution in [-0.4, -0.2) is 34.7 Å². The lowest BCUT2D eigenvalue weighted by atomic mass is 9.82.